The Bertz CT molecular complexity index is 1190. The summed E-state index contributed by atoms with van der Waals surface area (Å²) >= 11 is 0. The van der Waals surface area contributed by atoms with Gasteiger partial charge in [-0.2, -0.15) is 13.2 Å². The molecule has 0 aliphatic carbocycles. The monoisotopic (exact) mass is 549 g/mol. The topological polar surface area (TPSA) is 90.0 Å². The van der Waals surface area contributed by atoms with Crippen molar-refractivity contribution < 1.29 is 37.1 Å². The zero-order valence-corrected chi connectivity index (χ0v) is 21.5. The number of hydrogen-bond acceptors (Lipinski definition) is 4. The van der Waals surface area contributed by atoms with Crippen LogP contribution < -0.4 is 5.32 Å². The van der Waals surface area contributed by atoms with Gasteiger partial charge in [0.15, 0.2) is 0 Å². The number of carboxylic acid groups (broad SMARTS) is 1. The van der Waals surface area contributed by atoms with Crippen LogP contribution in [0.3, 0.4) is 0 Å². The molecule has 2 aromatic carbocycles. The Kier molecular flexibility index (Phi) is 10.2. The third kappa shape index (κ3) is 8.38. The number of carboxylic acids is 1. The van der Waals surface area contributed by atoms with E-state index in [1.54, 1.807) is 4.90 Å². The highest BCUT2D eigenvalue weighted by molar-refractivity contribution is 5.94. The van der Waals surface area contributed by atoms with Gasteiger partial charge in [-0.3, -0.25) is 19.3 Å². The minimum Gasteiger partial charge on any atom is -0.481 e. The minimum atomic E-state index is -4.68. The molecule has 3 rings (SSSR count). The summed E-state index contributed by atoms with van der Waals surface area (Å²) in [4.78, 5) is 40.4. The molecule has 1 saturated heterocycles. The van der Waals surface area contributed by atoms with Gasteiger partial charge in [-0.05, 0) is 43.2 Å². The molecule has 39 heavy (non-hydrogen) atoms. The van der Waals surface area contributed by atoms with Crippen LogP contribution >= 0.6 is 0 Å². The van der Waals surface area contributed by atoms with Crippen LogP contribution in [0.5, 0.6) is 0 Å². The molecule has 0 radical (unpaired) electrons. The molecule has 0 bridgehead atoms. The maximum absolute atomic E-state index is 14.0. The molecule has 7 nitrogen and oxygen atoms in total. The Hall–Kier alpha value is -3.73. The number of benzene rings is 2. The number of carbonyl (C=O) groups excluding carboxylic acids is 2. The second kappa shape index (κ2) is 13.4. The molecule has 2 N–H and O–H groups in total. The normalized spacial score (nSPS) is 18.3. The minimum absolute atomic E-state index is 0.0148. The standard InChI is InChI=1S/C28H31F4N3O4/c1-2-22-17-35(24(20-7-4-3-5-8-20)18-34(22)14-6-9-27(38)39)26(37)16-33-25(36)13-11-19-10-12-21(15-23(19)29)28(30,31)32/h3-5,7-8,10-13,15,22,24H,2,6,9,14,16-18H2,1H3,(H,33,36)(H,38,39)/b13-11+/t22-,24-/m1/s1. The molecular weight excluding hydrogens is 518 g/mol. The van der Waals surface area contributed by atoms with E-state index < -0.39 is 29.4 Å². The molecule has 2 amide bonds. The predicted octanol–water partition coefficient (Wildman–Crippen LogP) is 4.50. The number of alkyl halides is 3. The van der Waals surface area contributed by atoms with Gasteiger partial charge >= 0.3 is 12.1 Å². The van der Waals surface area contributed by atoms with Crippen molar-refractivity contribution in [3.05, 3.63) is 77.1 Å². The van der Waals surface area contributed by atoms with Gasteiger partial charge in [0, 0.05) is 37.2 Å². The third-order valence-corrected chi connectivity index (χ3v) is 6.68. The van der Waals surface area contributed by atoms with E-state index >= 15 is 0 Å². The van der Waals surface area contributed by atoms with Gasteiger partial charge in [-0.15, -0.1) is 0 Å². The van der Waals surface area contributed by atoms with E-state index in [-0.39, 0.29) is 36.5 Å². The highest BCUT2D eigenvalue weighted by Gasteiger charge is 2.36. The summed E-state index contributed by atoms with van der Waals surface area (Å²) in [6.07, 6.45) is -1.38. The first-order valence-electron chi connectivity index (χ1n) is 12.6. The van der Waals surface area contributed by atoms with Crippen LogP contribution in [0.1, 0.15) is 48.9 Å². The van der Waals surface area contributed by atoms with Gasteiger partial charge in [-0.1, -0.05) is 43.3 Å². The first-order chi connectivity index (χ1) is 18.5. The zero-order valence-electron chi connectivity index (χ0n) is 21.5. The number of rotatable bonds is 10. The van der Waals surface area contributed by atoms with Gasteiger partial charge in [0.05, 0.1) is 18.2 Å². The van der Waals surface area contributed by atoms with Crippen LogP contribution in [-0.4, -0.2) is 64.9 Å². The van der Waals surface area contributed by atoms with Gasteiger partial charge in [0.2, 0.25) is 11.8 Å². The van der Waals surface area contributed by atoms with Crippen molar-refractivity contribution in [2.75, 3.05) is 26.2 Å². The van der Waals surface area contributed by atoms with Crippen molar-refractivity contribution in [2.24, 2.45) is 0 Å². The predicted molar refractivity (Wildman–Crippen MR) is 137 cm³/mol. The lowest BCUT2D eigenvalue weighted by atomic mass is 9.97. The fraction of sp³-hybridized carbons (Fsp3) is 0.393. The fourth-order valence-corrected chi connectivity index (χ4v) is 4.60. The Morgan fingerprint density at radius 3 is 2.44 bits per heavy atom. The summed E-state index contributed by atoms with van der Waals surface area (Å²) in [6.45, 7) is 3.16. The van der Waals surface area contributed by atoms with Crippen LogP contribution in [0, 0.1) is 5.82 Å². The van der Waals surface area contributed by atoms with E-state index in [1.807, 2.05) is 37.3 Å². The van der Waals surface area contributed by atoms with Crippen molar-refractivity contribution in [1.82, 2.24) is 15.1 Å². The SMILES string of the molecule is CC[C@@H]1CN(C(=O)CNC(=O)/C=C/c2ccc(C(F)(F)F)cc2F)[C@@H](c2ccccc2)CN1CCCC(=O)O. The highest BCUT2D eigenvalue weighted by atomic mass is 19.4. The maximum atomic E-state index is 14.0. The fourth-order valence-electron chi connectivity index (χ4n) is 4.60. The van der Waals surface area contributed by atoms with Crippen molar-refractivity contribution in [2.45, 2.75) is 44.4 Å². The Morgan fingerprint density at radius 2 is 1.82 bits per heavy atom. The van der Waals surface area contributed by atoms with Crippen LogP contribution in [-0.2, 0) is 20.6 Å². The Labute approximate surface area is 224 Å². The zero-order chi connectivity index (χ0) is 28.6. The van der Waals surface area contributed by atoms with E-state index in [9.17, 15) is 31.9 Å². The lowest BCUT2D eigenvalue weighted by Crippen LogP contribution is -2.57. The molecule has 0 aromatic heterocycles. The molecule has 1 aliphatic rings. The molecule has 2 aromatic rings. The summed E-state index contributed by atoms with van der Waals surface area (Å²) in [6, 6.07) is 11.1. The van der Waals surface area contributed by atoms with Crippen LogP contribution in [0.15, 0.2) is 54.6 Å². The second-order valence-electron chi connectivity index (χ2n) is 9.31. The number of aliphatic carboxylic acids is 1. The van der Waals surface area contributed by atoms with Gasteiger partial charge in [-0.25, -0.2) is 4.39 Å². The molecule has 1 aliphatic heterocycles. The smallest absolute Gasteiger partial charge is 0.416 e. The summed E-state index contributed by atoms with van der Waals surface area (Å²) in [5.41, 5.74) is -0.418. The lowest BCUT2D eigenvalue weighted by molar-refractivity contribution is -0.139. The van der Waals surface area contributed by atoms with Crippen LogP contribution in [0.4, 0.5) is 17.6 Å². The Morgan fingerprint density at radius 1 is 1.10 bits per heavy atom. The average Bonchev–Trinajstić information content (AvgIpc) is 2.90. The molecule has 11 heteroatoms. The molecule has 0 spiro atoms. The lowest BCUT2D eigenvalue weighted by Gasteiger charge is -2.46. The maximum Gasteiger partial charge on any atom is 0.416 e. The van der Waals surface area contributed by atoms with Gasteiger partial charge in [0.25, 0.3) is 0 Å². The number of halogens is 4. The van der Waals surface area contributed by atoms with E-state index in [0.717, 1.165) is 36.3 Å². The quantitative estimate of drug-likeness (QED) is 0.337. The molecule has 0 saturated carbocycles. The van der Waals surface area contributed by atoms with Gasteiger partial charge < -0.3 is 15.3 Å². The molecule has 0 unspecified atom stereocenters. The van der Waals surface area contributed by atoms with E-state index in [0.29, 0.717) is 32.1 Å². The molecule has 1 fully saturated rings. The molecule has 210 valence electrons. The van der Waals surface area contributed by atoms with Gasteiger partial charge in [0.1, 0.15) is 5.82 Å². The summed E-state index contributed by atoms with van der Waals surface area (Å²) in [5, 5.41) is 11.5. The van der Waals surface area contributed by atoms with E-state index in [1.165, 1.54) is 0 Å². The molecular formula is C28H31F4N3O4. The van der Waals surface area contributed by atoms with Crippen molar-refractivity contribution >= 4 is 23.9 Å². The number of nitrogens with zero attached hydrogens (tertiary/aromatic N) is 2. The number of carbonyl (C=O) groups is 3. The number of amides is 2. The number of hydrogen-bond donors (Lipinski definition) is 2. The highest BCUT2D eigenvalue weighted by Crippen LogP contribution is 2.31. The van der Waals surface area contributed by atoms with E-state index in [2.05, 4.69) is 10.2 Å². The largest absolute Gasteiger partial charge is 0.481 e. The first-order valence-corrected chi connectivity index (χ1v) is 12.6. The number of nitrogens with one attached hydrogen (secondary N) is 1. The average molecular weight is 550 g/mol. The summed E-state index contributed by atoms with van der Waals surface area (Å²) in [5.74, 6) is -3.00. The second-order valence-corrected chi connectivity index (χ2v) is 9.31. The van der Waals surface area contributed by atoms with Crippen LogP contribution in [0.2, 0.25) is 0 Å². The first kappa shape index (κ1) is 29.8. The van der Waals surface area contributed by atoms with Crippen LogP contribution in [0.25, 0.3) is 6.08 Å². The summed E-state index contributed by atoms with van der Waals surface area (Å²) < 4.78 is 52.2. The Balaban J connectivity index is 1.67. The summed E-state index contributed by atoms with van der Waals surface area (Å²) in [7, 11) is 0. The third-order valence-electron chi connectivity index (χ3n) is 6.68. The number of piperazine rings is 1. The van der Waals surface area contributed by atoms with Crippen molar-refractivity contribution in [1.29, 1.82) is 0 Å². The van der Waals surface area contributed by atoms with Crippen molar-refractivity contribution in [3.8, 4) is 0 Å². The van der Waals surface area contributed by atoms with E-state index in [4.69, 9.17) is 5.11 Å². The molecule has 1 heterocycles. The molecule has 2 atom stereocenters. The van der Waals surface area contributed by atoms with Crippen molar-refractivity contribution in [3.63, 3.8) is 0 Å².